The van der Waals surface area contributed by atoms with E-state index in [9.17, 15) is 14.4 Å². The number of ether oxygens (including phenoxy) is 5. The largest absolute Gasteiger partial charge is 0.463 e. The lowest BCUT2D eigenvalue weighted by Gasteiger charge is -2.40. The Balaban J connectivity index is 2.26. The van der Waals surface area contributed by atoms with Crippen LogP contribution in [0.25, 0.3) is 0 Å². The minimum absolute atomic E-state index is 0.170. The molecule has 2 rings (SSSR count). The molecule has 2 aliphatic heterocycles. The number of carbonyl (C=O) groups excluding carboxylic acids is 3. The maximum absolute atomic E-state index is 11.4. The molecule has 2 aliphatic rings. The second-order valence-electron chi connectivity index (χ2n) is 5.25. The molecule has 2 heterocycles. The van der Waals surface area contributed by atoms with Gasteiger partial charge in [0.1, 0.15) is 12.7 Å². The number of fused-ring (bicyclic) bond motifs is 1. The Morgan fingerprint density at radius 3 is 2.22 bits per heavy atom. The Morgan fingerprint density at radius 2 is 1.65 bits per heavy atom. The van der Waals surface area contributed by atoms with Crippen molar-refractivity contribution >= 4 is 23.8 Å². The Hall–Kier alpha value is -2.16. The molecule has 0 aliphatic carbocycles. The zero-order valence-electron chi connectivity index (χ0n) is 13.3. The molecule has 0 aromatic rings. The van der Waals surface area contributed by atoms with Crippen LogP contribution in [0.2, 0.25) is 0 Å². The van der Waals surface area contributed by atoms with Crippen molar-refractivity contribution in [3.63, 3.8) is 0 Å². The van der Waals surface area contributed by atoms with Crippen molar-refractivity contribution in [2.45, 2.75) is 58.3 Å². The van der Waals surface area contributed by atoms with E-state index in [1.807, 2.05) is 0 Å². The quantitative estimate of drug-likeness (QED) is 0.522. The van der Waals surface area contributed by atoms with Crippen LogP contribution in [0, 0.1) is 0 Å². The fourth-order valence-corrected chi connectivity index (χ4v) is 2.53. The number of esters is 3. The molecule has 0 saturated carbocycles. The van der Waals surface area contributed by atoms with Crippen LogP contribution in [0.15, 0.2) is 4.99 Å². The molecule has 0 unspecified atom stereocenters. The molecule has 0 spiro atoms. The van der Waals surface area contributed by atoms with Gasteiger partial charge in [-0.05, 0) is 0 Å². The summed E-state index contributed by atoms with van der Waals surface area (Å²) in [6, 6.07) is -0.656. The maximum Gasteiger partial charge on any atom is 0.303 e. The molecule has 9 heteroatoms. The number of hydrogen-bond acceptors (Lipinski definition) is 9. The fourth-order valence-electron chi connectivity index (χ4n) is 2.53. The van der Waals surface area contributed by atoms with Gasteiger partial charge in [0.15, 0.2) is 24.1 Å². The predicted octanol–water partition coefficient (Wildman–Crippen LogP) is -0.0450. The lowest BCUT2D eigenvalue weighted by atomic mass is 9.97. The summed E-state index contributed by atoms with van der Waals surface area (Å²) in [5.41, 5.74) is 0. The molecule has 0 aromatic heterocycles. The van der Waals surface area contributed by atoms with E-state index >= 15 is 0 Å². The Morgan fingerprint density at radius 1 is 1.04 bits per heavy atom. The average molecular weight is 329 g/mol. The van der Waals surface area contributed by atoms with E-state index in [1.165, 1.54) is 20.8 Å². The van der Waals surface area contributed by atoms with Crippen LogP contribution in [0.4, 0.5) is 0 Å². The molecule has 0 bridgehead atoms. The van der Waals surface area contributed by atoms with Gasteiger partial charge in [-0.2, -0.15) is 0 Å². The van der Waals surface area contributed by atoms with Crippen LogP contribution in [-0.2, 0) is 38.1 Å². The topological polar surface area (TPSA) is 110 Å². The smallest absolute Gasteiger partial charge is 0.303 e. The van der Waals surface area contributed by atoms with Crippen LogP contribution >= 0.6 is 0 Å². The summed E-state index contributed by atoms with van der Waals surface area (Å²) in [4.78, 5) is 38.1. The SMILES string of the molecule is CC(=O)OC[C@@H]1O[C@H]2OC(C)=N[C@@H]2[C@H](OC(C)=O)[C@@H]1OC(C)=O. The number of nitrogens with zero attached hydrogens (tertiary/aromatic N) is 1. The van der Waals surface area contributed by atoms with E-state index in [2.05, 4.69) is 4.99 Å². The second kappa shape index (κ2) is 6.95. The van der Waals surface area contributed by atoms with E-state index in [1.54, 1.807) is 6.92 Å². The normalized spacial score (nSPS) is 32.2. The summed E-state index contributed by atoms with van der Waals surface area (Å²) in [6.07, 6.45) is -3.50. The minimum Gasteiger partial charge on any atom is -0.463 e. The highest BCUT2D eigenvalue weighted by molar-refractivity contribution is 5.75. The first kappa shape index (κ1) is 17.2. The van der Waals surface area contributed by atoms with Crippen molar-refractivity contribution in [1.29, 1.82) is 0 Å². The van der Waals surface area contributed by atoms with Crippen LogP contribution in [-0.4, -0.2) is 61.1 Å². The Kier molecular flexibility index (Phi) is 5.19. The number of aliphatic imine (C=N–C) groups is 1. The summed E-state index contributed by atoms with van der Waals surface area (Å²) >= 11 is 0. The fraction of sp³-hybridized carbons (Fsp3) is 0.714. The molecule has 0 aromatic carbocycles. The van der Waals surface area contributed by atoms with Gasteiger partial charge in [-0.1, -0.05) is 0 Å². The lowest BCUT2D eigenvalue weighted by Crippen LogP contribution is -2.60. The van der Waals surface area contributed by atoms with Gasteiger partial charge in [0, 0.05) is 27.7 Å². The highest BCUT2D eigenvalue weighted by Crippen LogP contribution is 2.32. The molecule has 0 N–H and O–H groups in total. The zero-order valence-corrected chi connectivity index (χ0v) is 13.3. The zero-order chi connectivity index (χ0) is 17.1. The van der Waals surface area contributed by atoms with E-state index in [0.29, 0.717) is 5.90 Å². The monoisotopic (exact) mass is 329 g/mol. The predicted molar refractivity (Wildman–Crippen MR) is 74.4 cm³/mol. The van der Waals surface area contributed by atoms with Crippen LogP contribution in [0.1, 0.15) is 27.7 Å². The summed E-state index contributed by atoms with van der Waals surface area (Å²) in [5.74, 6) is -1.28. The number of hydrogen-bond donors (Lipinski definition) is 0. The van der Waals surface area contributed by atoms with Gasteiger partial charge >= 0.3 is 17.9 Å². The summed E-state index contributed by atoms with van der Waals surface area (Å²) in [5, 5.41) is 0. The summed E-state index contributed by atoms with van der Waals surface area (Å²) in [6.45, 7) is 5.17. The van der Waals surface area contributed by atoms with Gasteiger partial charge in [0.05, 0.1) is 0 Å². The first-order valence-corrected chi connectivity index (χ1v) is 7.12. The van der Waals surface area contributed by atoms with Gasteiger partial charge in [0.25, 0.3) is 0 Å². The van der Waals surface area contributed by atoms with Crippen LogP contribution in [0.5, 0.6) is 0 Å². The molecule has 9 nitrogen and oxygen atoms in total. The molecule has 0 amide bonds. The first-order chi connectivity index (χ1) is 10.8. The average Bonchev–Trinajstić information content (AvgIpc) is 2.78. The van der Waals surface area contributed by atoms with Crippen molar-refractivity contribution in [2.24, 2.45) is 4.99 Å². The maximum atomic E-state index is 11.4. The highest BCUT2D eigenvalue weighted by atomic mass is 16.7. The van der Waals surface area contributed by atoms with E-state index in [-0.39, 0.29) is 6.61 Å². The van der Waals surface area contributed by atoms with Crippen molar-refractivity contribution in [3.05, 3.63) is 0 Å². The molecular formula is C14H19NO8. The van der Waals surface area contributed by atoms with E-state index in [4.69, 9.17) is 23.7 Å². The van der Waals surface area contributed by atoms with E-state index < -0.39 is 48.6 Å². The van der Waals surface area contributed by atoms with Crippen molar-refractivity contribution in [3.8, 4) is 0 Å². The summed E-state index contributed by atoms with van der Waals surface area (Å²) in [7, 11) is 0. The number of carbonyl (C=O) groups is 3. The van der Waals surface area contributed by atoms with Gasteiger partial charge < -0.3 is 23.7 Å². The molecule has 5 atom stereocenters. The third-order valence-corrected chi connectivity index (χ3v) is 3.29. The molecule has 128 valence electrons. The Labute approximate surface area is 132 Å². The first-order valence-electron chi connectivity index (χ1n) is 7.12. The van der Waals surface area contributed by atoms with Crippen molar-refractivity contribution < 1.29 is 38.1 Å². The molecule has 1 saturated heterocycles. The lowest BCUT2D eigenvalue weighted by molar-refractivity contribution is -0.249. The third-order valence-electron chi connectivity index (χ3n) is 3.29. The molecule has 23 heavy (non-hydrogen) atoms. The van der Waals surface area contributed by atoms with Gasteiger partial charge in [-0.15, -0.1) is 0 Å². The standard InChI is InChI=1S/C14H19NO8/c1-6-15-11-13(22-9(4)18)12(21-8(3)17)10(5-19-7(2)16)23-14(11)20-6/h10-14H,5H2,1-4H3/t10-,11+,12+,13-,14+/m0/s1. The van der Waals surface area contributed by atoms with Gasteiger partial charge in [0.2, 0.25) is 6.29 Å². The molecule has 0 radical (unpaired) electrons. The third kappa shape index (κ3) is 4.19. The molecule has 1 fully saturated rings. The highest BCUT2D eigenvalue weighted by Gasteiger charge is 2.53. The second-order valence-corrected chi connectivity index (χ2v) is 5.25. The van der Waals surface area contributed by atoms with Crippen LogP contribution in [0.3, 0.4) is 0 Å². The van der Waals surface area contributed by atoms with Gasteiger partial charge in [-0.25, -0.2) is 4.99 Å². The van der Waals surface area contributed by atoms with Crippen molar-refractivity contribution in [1.82, 2.24) is 0 Å². The number of rotatable bonds is 4. The minimum atomic E-state index is -0.963. The van der Waals surface area contributed by atoms with Crippen LogP contribution < -0.4 is 0 Å². The van der Waals surface area contributed by atoms with Gasteiger partial charge in [-0.3, -0.25) is 14.4 Å². The molecular weight excluding hydrogens is 310 g/mol. The van der Waals surface area contributed by atoms with E-state index in [0.717, 1.165) is 0 Å². The Bertz CT molecular complexity index is 531. The summed E-state index contributed by atoms with van der Waals surface area (Å²) < 4.78 is 26.5. The van der Waals surface area contributed by atoms with Crippen molar-refractivity contribution in [2.75, 3.05) is 6.61 Å².